The van der Waals surface area contributed by atoms with Crippen LogP contribution in [0, 0.1) is 5.92 Å². The van der Waals surface area contributed by atoms with Gasteiger partial charge in [-0.15, -0.1) is 11.3 Å². The first-order chi connectivity index (χ1) is 8.65. The zero-order chi connectivity index (χ0) is 12.7. The van der Waals surface area contributed by atoms with Gasteiger partial charge in [-0.25, -0.2) is 0 Å². The van der Waals surface area contributed by atoms with Gasteiger partial charge in [0.25, 0.3) is 0 Å². The molecule has 1 aliphatic rings. The summed E-state index contributed by atoms with van der Waals surface area (Å²) in [4.78, 5) is 0.949. The van der Waals surface area contributed by atoms with Crippen molar-refractivity contribution in [2.24, 2.45) is 5.92 Å². The maximum Gasteiger partial charge on any atom is 0.0917 e. The van der Waals surface area contributed by atoms with Crippen molar-refractivity contribution in [2.75, 3.05) is 0 Å². The van der Waals surface area contributed by atoms with Crippen molar-refractivity contribution in [3.8, 4) is 0 Å². The number of hydrogen-bond donors (Lipinski definition) is 1. The highest BCUT2D eigenvalue weighted by molar-refractivity contribution is 9.11. The van der Waals surface area contributed by atoms with Crippen molar-refractivity contribution in [1.82, 2.24) is 0 Å². The number of thiophene rings is 1. The van der Waals surface area contributed by atoms with Crippen LogP contribution < -0.4 is 0 Å². The molecular formula is C14H12BrClOS. The van der Waals surface area contributed by atoms with Crippen molar-refractivity contribution >= 4 is 38.9 Å². The molecule has 1 heterocycles. The van der Waals surface area contributed by atoms with E-state index >= 15 is 0 Å². The van der Waals surface area contributed by atoms with Gasteiger partial charge in [0.15, 0.2) is 0 Å². The normalized spacial score (nSPS) is 16.8. The Labute approximate surface area is 124 Å². The topological polar surface area (TPSA) is 20.2 Å². The molecule has 4 heteroatoms. The molecule has 1 nitrogen and oxygen atoms in total. The van der Waals surface area contributed by atoms with Crippen molar-refractivity contribution in [3.63, 3.8) is 0 Å². The lowest BCUT2D eigenvalue weighted by Crippen LogP contribution is -2.11. The standard InChI is InChI=1S/C14H12BrClOS/c15-14-11(16)7-12(18-14)13(17)10-5-8-3-1-2-4-9(8)6-10/h1-4,7,10,13,17H,5-6H2. The summed E-state index contributed by atoms with van der Waals surface area (Å²) >= 11 is 10.9. The van der Waals surface area contributed by atoms with E-state index in [1.807, 2.05) is 6.07 Å². The van der Waals surface area contributed by atoms with Crippen molar-refractivity contribution in [2.45, 2.75) is 18.9 Å². The largest absolute Gasteiger partial charge is 0.387 e. The van der Waals surface area contributed by atoms with Crippen molar-refractivity contribution in [1.29, 1.82) is 0 Å². The van der Waals surface area contributed by atoms with Crippen LogP contribution in [-0.2, 0) is 12.8 Å². The van der Waals surface area contributed by atoms with Gasteiger partial charge in [-0.3, -0.25) is 0 Å². The Morgan fingerprint density at radius 3 is 2.39 bits per heavy atom. The van der Waals surface area contributed by atoms with Crippen molar-refractivity contribution < 1.29 is 5.11 Å². The summed E-state index contributed by atoms with van der Waals surface area (Å²) in [7, 11) is 0. The number of halogens is 2. The van der Waals surface area contributed by atoms with E-state index in [1.54, 1.807) is 0 Å². The molecule has 0 fully saturated rings. The summed E-state index contributed by atoms with van der Waals surface area (Å²) < 4.78 is 0.897. The third kappa shape index (κ3) is 2.25. The summed E-state index contributed by atoms with van der Waals surface area (Å²) in [6.45, 7) is 0. The second-order valence-corrected chi connectivity index (χ2v) is 7.46. The first-order valence-electron chi connectivity index (χ1n) is 5.84. The van der Waals surface area contributed by atoms with E-state index in [1.165, 1.54) is 22.5 Å². The van der Waals surface area contributed by atoms with Gasteiger partial charge in [-0.05, 0) is 51.9 Å². The van der Waals surface area contributed by atoms with Crippen LogP contribution in [0.1, 0.15) is 22.1 Å². The van der Waals surface area contributed by atoms with Gasteiger partial charge in [0.2, 0.25) is 0 Å². The summed E-state index contributed by atoms with van der Waals surface area (Å²) in [5.74, 6) is 0.268. The fourth-order valence-corrected chi connectivity index (χ4v) is 4.38. The molecule has 0 aliphatic heterocycles. The van der Waals surface area contributed by atoms with Gasteiger partial charge in [0.05, 0.1) is 14.9 Å². The van der Waals surface area contributed by atoms with Crippen LogP contribution in [0.5, 0.6) is 0 Å². The molecule has 0 amide bonds. The minimum Gasteiger partial charge on any atom is -0.387 e. The number of fused-ring (bicyclic) bond motifs is 1. The summed E-state index contributed by atoms with van der Waals surface area (Å²) in [5, 5.41) is 11.1. The van der Waals surface area contributed by atoms with Crippen LogP contribution in [-0.4, -0.2) is 5.11 Å². The van der Waals surface area contributed by atoms with Crippen LogP contribution in [0.25, 0.3) is 0 Å². The Balaban J connectivity index is 1.82. The molecule has 94 valence electrons. The Morgan fingerprint density at radius 1 is 1.28 bits per heavy atom. The molecule has 0 spiro atoms. The molecule has 1 atom stereocenters. The van der Waals surface area contributed by atoms with Crippen LogP contribution in [0.2, 0.25) is 5.02 Å². The number of aliphatic hydroxyl groups is 1. The highest BCUT2D eigenvalue weighted by Gasteiger charge is 2.29. The van der Waals surface area contributed by atoms with E-state index in [-0.39, 0.29) is 5.92 Å². The zero-order valence-electron chi connectivity index (χ0n) is 9.57. The molecule has 3 rings (SSSR count). The van der Waals surface area contributed by atoms with Gasteiger partial charge < -0.3 is 5.11 Å². The molecule has 2 aromatic rings. The average molecular weight is 344 g/mol. The molecule has 0 radical (unpaired) electrons. The summed E-state index contributed by atoms with van der Waals surface area (Å²) in [6.07, 6.45) is 1.47. The fraction of sp³-hybridized carbons (Fsp3) is 0.286. The third-order valence-corrected chi connectivity index (χ3v) is 6.03. The van der Waals surface area contributed by atoms with E-state index in [4.69, 9.17) is 11.6 Å². The molecule has 0 saturated heterocycles. The van der Waals surface area contributed by atoms with Gasteiger partial charge in [0, 0.05) is 4.88 Å². The van der Waals surface area contributed by atoms with Crippen molar-refractivity contribution in [3.05, 3.63) is 55.1 Å². The summed E-state index contributed by atoms with van der Waals surface area (Å²) in [5.41, 5.74) is 2.73. The first kappa shape index (κ1) is 12.7. The summed E-state index contributed by atoms with van der Waals surface area (Å²) in [6, 6.07) is 10.3. The molecule has 1 aromatic carbocycles. The predicted molar refractivity (Wildman–Crippen MR) is 79.3 cm³/mol. The van der Waals surface area contributed by atoms with Gasteiger partial charge >= 0.3 is 0 Å². The number of hydrogen-bond acceptors (Lipinski definition) is 2. The molecule has 1 unspecified atom stereocenters. The maximum atomic E-state index is 10.5. The lowest BCUT2D eigenvalue weighted by molar-refractivity contribution is 0.117. The van der Waals surface area contributed by atoms with Gasteiger partial charge in [-0.1, -0.05) is 35.9 Å². The average Bonchev–Trinajstić information content (AvgIpc) is 2.93. The Hall–Kier alpha value is -0.350. The Bertz CT molecular complexity index is 536. The second-order valence-electron chi connectivity index (χ2n) is 4.65. The SMILES string of the molecule is OC(c1cc(Cl)c(Br)s1)C1Cc2ccccc2C1. The highest BCUT2D eigenvalue weighted by atomic mass is 79.9. The smallest absolute Gasteiger partial charge is 0.0917 e. The lowest BCUT2D eigenvalue weighted by Gasteiger charge is -2.15. The van der Waals surface area contributed by atoms with Crippen LogP contribution in [0.15, 0.2) is 34.1 Å². The number of rotatable bonds is 2. The van der Waals surface area contributed by atoms with Gasteiger partial charge in [0.1, 0.15) is 0 Å². The molecule has 0 bridgehead atoms. The van der Waals surface area contributed by atoms with Crippen LogP contribution >= 0.6 is 38.9 Å². The molecule has 0 saturated carbocycles. The minimum atomic E-state index is -0.425. The Morgan fingerprint density at radius 2 is 1.89 bits per heavy atom. The van der Waals surface area contributed by atoms with Crippen LogP contribution in [0.4, 0.5) is 0 Å². The lowest BCUT2D eigenvalue weighted by atomic mass is 9.98. The van der Waals surface area contributed by atoms with E-state index < -0.39 is 6.10 Å². The number of aliphatic hydroxyl groups excluding tert-OH is 1. The highest BCUT2D eigenvalue weighted by Crippen LogP contribution is 2.41. The van der Waals surface area contributed by atoms with E-state index in [9.17, 15) is 5.11 Å². The Kier molecular flexibility index (Phi) is 3.50. The fourth-order valence-electron chi connectivity index (χ4n) is 2.56. The molecule has 18 heavy (non-hydrogen) atoms. The molecule has 1 aromatic heterocycles. The molecule has 1 N–H and O–H groups in total. The predicted octanol–water partition coefficient (Wildman–Crippen LogP) is 4.61. The first-order valence-corrected chi connectivity index (χ1v) is 7.83. The number of benzene rings is 1. The zero-order valence-corrected chi connectivity index (χ0v) is 12.7. The maximum absolute atomic E-state index is 10.5. The minimum absolute atomic E-state index is 0.268. The second kappa shape index (κ2) is 4.97. The molecular weight excluding hydrogens is 332 g/mol. The quantitative estimate of drug-likeness (QED) is 0.844. The van der Waals surface area contributed by atoms with E-state index in [2.05, 4.69) is 40.2 Å². The van der Waals surface area contributed by atoms with E-state index in [0.29, 0.717) is 5.02 Å². The van der Waals surface area contributed by atoms with E-state index in [0.717, 1.165) is 21.5 Å². The monoisotopic (exact) mass is 342 g/mol. The molecule has 1 aliphatic carbocycles. The van der Waals surface area contributed by atoms with Crippen LogP contribution in [0.3, 0.4) is 0 Å². The third-order valence-electron chi connectivity index (χ3n) is 3.48. The van der Waals surface area contributed by atoms with Gasteiger partial charge in [-0.2, -0.15) is 0 Å².